The third-order valence-corrected chi connectivity index (χ3v) is 2.35. The molecule has 4 heteroatoms. The van der Waals surface area contributed by atoms with E-state index in [1.165, 1.54) is 6.07 Å². The lowest BCUT2D eigenvalue weighted by Crippen LogP contribution is -2.08. The van der Waals surface area contributed by atoms with Crippen LogP contribution in [0, 0.1) is 5.95 Å². The first-order chi connectivity index (χ1) is 8.15. The number of aromatic nitrogens is 1. The maximum Gasteiger partial charge on any atom is 0.214 e. The number of benzene rings is 1. The van der Waals surface area contributed by atoms with Gasteiger partial charge in [-0.1, -0.05) is 12.1 Å². The Morgan fingerprint density at radius 1 is 1.12 bits per heavy atom. The minimum Gasteiger partial charge on any atom is -0.378 e. The summed E-state index contributed by atoms with van der Waals surface area (Å²) in [5, 5.41) is 3.06. The molecule has 0 aliphatic rings. The highest BCUT2D eigenvalue weighted by Crippen LogP contribution is 2.20. The molecule has 1 N–H and O–H groups in total. The molecule has 0 unspecified atom stereocenters. The smallest absolute Gasteiger partial charge is 0.214 e. The fourth-order valence-electron chi connectivity index (χ4n) is 1.49. The molecule has 1 heterocycles. The molecular formula is C13H14FN3. The maximum atomic E-state index is 12.9. The van der Waals surface area contributed by atoms with Crippen molar-refractivity contribution >= 4 is 17.2 Å². The highest BCUT2D eigenvalue weighted by molar-refractivity contribution is 5.62. The first kappa shape index (κ1) is 11.4. The Balaban J connectivity index is 2.21. The van der Waals surface area contributed by atoms with Crippen LogP contribution in [0.1, 0.15) is 0 Å². The lowest BCUT2D eigenvalue weighted by atomic mass is 10.2. The van der Waals surface area contributed by atoms with Crippen LogP contribution < -0.4 is 10.2 Å². The highest BCUT2D eigenvalue weighted by Gasteiger charge is 2.00. The lowest BCUT2D eigenvalue weighted by Gasteiger charge is -2.14. The van der Waals surface area contributed by atoms with Gasteiger partial charge in [-0.05, 0) is 30.3 Å². The molecule has 0 saturated carbocycles. The van der Waals surface area contributed by atoms with E-state index in [-0.39, 0.29) is 0 Å². The zero-order valence-corrected chi connectivity index (χ0v) is 9.81. The number of halogens is 1. The van der Waals surface area contributed by atoms with Crippen molar-refractivity contribution in [1.29, 1.82) is 0 Å². The second kappa shape index (κ2) is 4.82. The van der Waals surface area contributed by atoms with Crippen molar-refractivity contribution in [3.05, 3.63) is 48.4 Å². The average molecular weight is 231 g/mol. The second-order valence-electron chi connectivity index (χ2n) is 3.92. The van der Waals surface area contributed by atoms with E-state index in [4.69, 9.17) is 0 Å². The average Bonchev–Trinajstić information content (AvgIpc) is 2.29. The summed E-state index contributed by atoms with van der Waals surface area (Å²) in [6.45, 7) is 0. The van der Waals surface area contributed by atoms with Crippen molar-refractivity contribution in [3.8, 4) is 0 Å². The fraction of sp³-hybridized carbons (Fsp3) is 0.154. The third-order valence-electron chi connectivity index (χ3n) is 2.35. The van der Waals surface area contributed by atoms with E-state index in [0.717, 1.165) is 11.4 Å². The van der Waals surface area contributed by atoms with E-state index in [0.29, 0.717) is 5.82 Å². The molecular weight excluding hydrogens is 217 g/mol. The number of nitrogens with zero attached hydrogens (tertiary/aromatic N) is 2. The number of hydrogen-bond donors (Lipinski definition) is 1. The van der Waals surface area contributed by atoms with Gasteiger partial charge in [-0.2, -0.15) is 4.39 Å². The third kappa shape index (κ3) is 2.93. The predicted molar refractivity (Wildman–Crippen MR) is 68.2 cm³/mol. The summed E-state index contributed by atoms with van der Waals surface area (Å²) in [5.74, 6) is 0.0136. The van der Waals surface area contributed by atoms with Gasteiger partial charge in [0, 0.05) is 25.5 Å². The Hall–Kier alpha value is -2.10. The molecule has 0 radical (unpaired) electrons. The maximum absolute atomic E-state index is 12.9. The van der Waals surface area contributed by atoms with Gasteiger partial charge in [0.05, 0.1) is 0 Å². The molecule has 1 aromatic carbocycles. The van der Waals surface area contributed by atoms with Crippen molar-refractivity contribution in [2.24, 2.45) is 0 Å². The Morgan fingerprint density at radius 3 is 2.59 bits per heavy atom. The van der Waals surface area contributed by atoms with Crippen LogP contribution in [0.4, 0.5) is 21.6 Å². The summed E-state index contributed by atoms with van der Waals surface area (Å²) >= 11 is 0. The Morgan fingerprint density at radius 2 is 1.88 bits per heavy atom. The summed E-state index contributed by atoms with van der Waals surface area (Å²) in [7, 11) is 3.94. The van der Waals surface area contributed by atoms with E-state index >= 15 is 0 Å². The molecule has 17 heavy (non-hydrogen) atoms. The van der Waals surface area contributed by atoms with Crippen LogP contribution in [-0.4, -0.2) is 19.1 Å². The van der Waals surface area contributed by atoms with E-state index < -0.39 is 5.95 Å². The molecule has 0 saturated heterocycles. The Bertz CT molecular complexity index is 512. The van der Waals surface area contributed by atoms with E-state index in [1.54, 1.807) is 12.1 Å². The number of hydrogen-bond acceptors (Lipinski definition) is 3. The van der Waals surface area contributed by atoms with Gasteiger partial charge < -0.3 is 10.2 Å². The van der Waals surface area contributed by atoms with Crippen molar-refractivity contribution in [1.82, 2.24) is 4.98 Å². The predicted octanol–water partition coefficient (Wildman–Crippen LogP) is 3.03. The highest BCUT2D eigenvalue weighted by atomic mass is 19.1. The van der Waals surface area contributed by atoms with Crippen LogP contribution in [0.2, 0.25) is 0 Å². The summed E-state index contributed by atoms with van der Waals surface area (Å²) < 4.78 is 12.9. The second-order valence-corrected chi connectivity index (χ2v) is 3.92. The molecule has 0 amide bonds. The van der Waals surface area contributed by atoms with Gasteiger partial charge in [0.2, 0.25) is 5.95 Å². The fourth-order valence-corrected chi connectivity index (χ4v) is 1.49. The van der Waals surface area contributed by atoms with Gasteiger partial charge in [0.25, 0.3) is 0 Å². The molecule has 88 valence electrons. The number of nitrogens with one attached hydrogen (secondary N) is 1. The molecule has 2 rings (SSSR count). The van der Waals surface area contributed by atoms with Gasteiger partial charge >= 0.3 is 0 Å². The van der Waals surface area contributed by atoms with Gasteiger partial charge in [-0.15, -0.1) is 0 Å². The Labute approximate surface area is 99.9 Å². The lowest BCUT2D eigenvalue weighted by molar-refractivity contribution is 0.585. The van der Waals surface area contributed by atoms with Gasteiger partial charge in [-0.25, -0.2) is 4.98 Å². The summed E-state index contributed by atoms with van der Waals surface area (Å²) in [6, 6.07) is 12.5. The molecule has 0 atom stereocenters. The minimum atomic E-state index is -0.487. The largest absolute Gasteiger partial charge is 0.378 e. The summed E-state index contributed by atoms with van der Waals surface area (Å²) in [5.41, 5.74) is 1.96. The molecule has 1 aromatic heterocycles. The first-order valence-electron chi connectivity index (χ1n) is 5.32. The zero-order chi connectivity index (χ0) is 12.3. The monoisotopic (exact) mass is 231 g/mol. The van der Waals surface area contributed by atoms with Gasteiger partial charge in [0.15, 0.2) is 0 Å². The van der Waals surface area contributed by atoms with Crippen molar-refractivity contribution in [2.45, 2.75) is 0 Å². The van der Waals surface area contributed by atoms with Crippen LogP contribution in [0.3, 0.4) is 0 Å². The van der Waals surface area contributed by atoms with Crippen LogP contribution in [0.5, 0.6) is 0 Å². The quantitative estimate of drug-likeness (QED) is 0.823. The number of rotatable bonds is 3. The Kier molecular flexibility index (Phi) is 3.23. The summed E-state index contributed by atoms with van der Waals surface area (Å²) in [6.07, 6.45) is 0. The van der Waals surface area contributed by atoms with E-state index in [1.807, 2.05) is 43.3 Å². The molecule has 3 nitrogen and oxygen atoms in total. The molecule has 0 aliphatic carbocycles. The van der Waals surface area contributed by atoms with Crippen molar-refractivity contribution < 1.29 is 4.39 Å². The van der Waals surface area contributed by atoms with Gasteiger partial charge in [0.1, 0.15) is 5.82 Å². The van der Waals surface area contributed by atoms with E-state index in [2.05, 4.69) is 10.3 Å². The zero-order valence-electron chi connectivity index (χ0n) is 9.81. The van der Waals surface area contributed by atoms with E-state index in [9.17, 15) is 4.39 Å². The molecule has 0 spiro atoms. The minimum absolute atomic E-state index is 0.487. The van der Waals surface area contributed by atoms with Gasteiger partial charge in [-0.3, -0.25) is 0 Å². The SMILES string of the molecule is CN(C)c1cccc(Nc2cccc(F)n2)c1. The molecule has 2 aromatic rings. The van der Waals surface area contributed by atoms with Crippen LogP contribution >= 0.6 is 0 Å². The topological polar surface area (TPSA) is 28.2 Å². The van der Waals surface area contributed by atoms with Crippen molar-refractivity contribution in [3.63, 3.8) is 0 Å². The standard InChI is InChI=1S/C13H14FN3/c1-17(2)11-6-3-5-10(9-11)15-13-8-4-7-12(14)16-13/h3-9H,1-2H3,(H,15,16). The van der Waals surface area contributed by atoms with Crippen LogP contribution in [0.25, 0.3) is 0 Å². The first-order valence-corrected chi connectivity index (χ1v) is 5.32. The summed E-state index contributed by atoms with van der Waals surface area (Å²) in [4.78, 5) is 5.76. The number of anilines is 3. The normalized spacial score (nSPS) is 10.1. The molecule has 0 bridgehead atoms. The number of pyridine rings is 1. The van der Waals surface area contributed by atoms with Crippen molar-refractivity contribution in [2.75, 3.05) is 24.3 Å². The van der Waals surface area contributed by atoms with Crippen LogP contribution in [-0.2, 0) is 0 Å². The molecule has 0 aliphatic heterocycles. The molecule has 0 fully saturated rings. The van der Waals surface area contributed by atoms with Crippen LogP contribution in [0.15, 0.2) is 42.5 Å².